The maximum Gasteiger partial charge on any atom is 0.0598 e. The summed E-state index contributed by atoms with van der Waals surface area (Å²) in [7, 11) is 0. The van der Waals surface area contributed by atoms with Gasteiger partial charge in [0.2, 0.25) is 0 Å². The Hall–Kier alpha value is -0.0800. The molecule has 1 heterocycles. The first kappa shape index (κ1) is 10.0. The van der Waals surface area contributed by atoms with Crippen molar-refractivity contribution in [1.82, 2.24) is 0 Å². The molecule has 1 saturated heterocycles. The lowest BCUT2D eigenvalue weighted by molar-refractivity contribution is -0.0488. The molecule has 1 aliphatic rings. The Kier molecular flexibility index (Phi) is 2.79. The van der Waals surface area contributed by atoms with E-state index in [-0.39, 0.29) is 11.0 Å². The van der Waals surface area contributed by atoms with Crippen molar-refractivity contribution in [3.05, 3.63) is 0 Å². The third-order valence-electron chi connectivity index (χ3n) is 2.15. The van der Waals surface area contributed by atoms with Crippen molar-refractivity contribution >= 4 is 0 Å². The minimum atomic E-state index is -0.0222. The van der Waals surface area contributed by atoms with E-state index in [9.17, 15) is 0 Å². The molecule has 1 fully saturated rings. The van der Waals surface area contributed by atoms with E-state index >= 15 is 0 Å². The molecule has 0 amide bonds. The highest BCUT2D eigenvalue weighted by molar-refractivity contribution is 4.79. The van der Waals surface area contributed by atoms with Gasteiger partial charge in [0.15, 0.2) is 0 Å². The summed E-state index contributed by atoms with van der Waals surface area (Å²) in [6.07, 6.45) is 1.13. The third kappa shape index (κ3) is 3.11. The highest BCUT2D eigenvalue weighted by Crippen LogP contribution is 2.29. The van der Waals surface area contributed by atoms with Crippen LogP contribution in [0.3, 0.4) is 0 Å². The van der Waals surface area contributed by atoms with Crippen LogP contribution >= 0.6 is 0 Å². The molecule has 1 rings (SSSR count). The molecular formula is C10H20O2. The molecule has 1 aliphatic heterocycles. The summed E-state index contributed by atoms with van der Waals surface area (Å²) in [5.41, 5.74) is 0.235. The molecule has 0 bridgehead atoms. The van der Waals surface area contributed by atoms with Gasteiger partial charge in [0.1, 0.15) is 0 Å². The van der Waals surface area contributed by atoms with E-state index in [1.54, 1.807) is 0 Å². The zero-order valence-electron chi connectivity index (χ0n) is 8.64. The summed E-state index contributed by atoms with van der Waals surface area (Å²) in [6, 6.07) is 0. The summed E-state index contributed by atoms with van der Waals surface area (Å²) < 4.78 is 11.1. The Balaban J connectivity index is 2.30. The van der Waals surface area contributed by atoms with Crippen LogP contribution in [0.15, 0.2) is 0 Å². The lowest BCUT2D eigenvalue weighted by Crippen LogP contribution is -2.30. The normalized spacial score (nSPS) is 31.0. The van der Waals surface area contributed by atoms with Crippen LogP contribution in [0.2, 0.25) is 0 Å². The van der Waals surface area contributed by atoms with Crippen molar-refractivity contribution in [3.8, 4) is 0 Å². The molecule has 0 aromatic carbocycles. The van der Waals surface area contributed by atoms with Gasteiger partial charge >= 0.3 is 0 Å². The van der Waals surface area contributed by atoms with Gasteiger partial charge in [-0.25, -0.2) is 0 Å². The van der Waals surface area contributed by atoms with Gasteiger partial charge in [0, 0.05) is 12.0 Å². The van der Waals surface area contributed by atoms with Gasteiger partial charge in [-0.3, -0.25) is 0 Å². The van der Waals surface area contributed by atoms with Crippen LogP contribution < -0.4 is 0 Å². The van der Waals surface area contributed by atoms with E-state index in [1.165, 1.54) is 0 Å². The van der Waals surface area contributed by atoms with Gasteiger partial charge in [-0.2, -0.15) is 0 Å². The summed E-state index contributed by atoms with van der Waals surface area (Å²) in [6.45, 7) is 11.1. The zero-order chi connectivity index (χ0) is 9.24. The second-order valence-electron chi connectivity index (χ2n) is 5.01. The molecule has 72 valence electrons. The van der Waals surface area contributed by atoms with Gasteiger partial charge < -0.3 is 9.47 Å². The van der Waals surface area contributed by atoms with Crippen LogP contribution in [0.25, 0.3) is 0 Å². The van der Waals surface area contributed by atoms with Crippen LogP contribution in [0.5, 0.6) is 0 Å². The average molecular weight is 172 g/mol. The van der Waals surface area contributed by atoms with Gasteiger partial charge in [-0.1, -0.05) is 6.92 Å². The van der Waals surface area contributed by atoms with Gasteiger partial charge in [-0.15, -0.1) is 0 Å². The zero-order valence-corrected chi connectivity index (χ0v) is 8.64. The minimum Gasteiger partial charge on any atom is -0.381 e. The fourth-order valence-electron chi connectivity index (χ4n) is 1.21. The second-order valence-corrected chi connectivity index (χ2v) is 5.01. The van der Waals surface area contributed by atoms with Gasteiger partial charge in [0.05, 0.1) is 18.8 Å². The topological polar surface area (TPSA) is 18.5 Å². The van der Waals surface area contributed by atoms with Crippen molar-refractivity contribution in [2.75, 3.05) is 19.8 Å². The van der Waals surface area contributed by atoms with Crippen LogP contribution in [-0.4, -0.2) is 25.4 Å². The Bertz CT molecular complexity index is 140. The maximum atomic E-state index is 5.74. The summed E-state index contributed by atoms with van der Waals surface area (Å²) in [5, 5.41) is 0. The number of hydrogen-bond donors (Lipinski definition) is 0. The van der Waals surface area contributed by atoms with E-state index in [4.69, 9.17) is 9.47 Å². The molecule has 12 heavy (non-hydrogen) atoms. The van der Waals surface area contributed by atoms with E-state index in [1.807, 2.05) is 0 Å². The fourth-order valence-corrected chi connectivity index (χ4v) is 1.21. The first-order valence-corrected chi connectivity index (χ1v) is 4.63. The Morgan fingerprint density at radius 1 is 1.42 bits per heavy atom. The molecule has 0 aromatic heterocycles. The molecule has 2 nitrogen and oxygen atoms in total. The first-order valence-electron chi connectivity index (χ1n) is 4.63. The maximum absolute atomic E-state index is 5.74. The van der Waals surface area contributed by atoms with E-state index in [0.29, 0.717) is 0 Å². The molecule has 0 spiro atoms. The SMILES string of the molecule is CC1(COC(C)(C)C)CCOC1. The number of rotatable bonds is 2. The summed E-state index contributed by atoms with van der Waals surface area (Å²) in [4.78, 5) is 0. The first-order chi connectivity index (χ1) is 5.41. The van der Waals surface area contributed by atoms with E-state index < -0.39 is 0 Å². The van der Waals surface area contributed by atoms with Crippen LogP contribution in [-0.2, 0) is 9.47 Å². The van der Waals surface area contributed by atoms with E-state index in [2.05, 4.69) is 27.7 Å². The molecule has 0 radical (unpaired) electrons. The van der Waals surface area contributed by atoms with Gasteiger partial charge in [0.25, 0.3) is 0 Å². The van der Waals surface area contributed by atoms with Crippen molar-refractivity contribution in [2.45, 2.75) is 39.7 Å². The smallest absolute Gasteiger partial charge is 0.0598 e. The molecule has 0 aliphatic carbocycles. The molecular weight excluding hydrogens is 152 g/mol. The van der Waals surface area contributed by atoms with Crippen LogP contribution in [0.4, 0.5) is 0 Å². The van der Waals surface area contributed by atoms with Crippen LogP contribution in [0.1, 0.15) is 34.1 Å². The summed E-state index contributed by atoms with van der Waals surface area (Å²) >= 11 is 0. The summed E-state index contributed by atoms with van der Waals surface area (Å²) in [5.74, 6) is 0. The highest BCUT2D eigenvalue weighted by Gasteiger charge is 2.31. The molecule has 1 unspecified atom stereocenters. The monoisotopic (exact) mass is 172 g/mol. The lowest BCUT2D eigenvalue weighted by atomic mass is 9.91. The molecule has 1 atom stereocenters. The predicted molar refractivity (Wildman–Crippen MR) is 49.2 cm³/mol. The molecule has 0 N–H and O–H groups in total. The van der Waals surface area contributed by atoms with Crippen LogP contribution in [0, 0.1) is 5.41 Å². The minimum absolute atomic E-state index is 0.0222. The number of hydrogen-bond acceptors (Lipinski definition) is 2. The molecule has 0 aromatic rings. The lowest BCUT2D eigenvalue weighted by Gasteiger charge is -2.27. The van der Waals surface area contributed by atoms with Crippen molar-refractivity contribution in [3.63, 3.8) is 0 Å². The Morgan fingerprint density at radius 3 is 2.50 bits per heavy atom. The quantitative estimate of drug-likeness (QED) is 0.636. The van der Waals surface area contributed by atoms with E-state index in [0.717, 1.165) is 26.2 Å². The van der Waals surface area contributed by atoms with Crippen molar-refractivity contribution in [2.24, 2.45) is 5.41 Å². The number of ether oxygens (including phenoxy) is 2. The largest absolute Gasteiger partial charge is 0.381 e. The Labute approximate surface area is 75.2 Å². The average Bonchev–Trinajstić information content (AvgIpc) is 2.32. The highest BCUT2D eigenvalue weighted by atomic mass is 16.5. The predicted octanol–water partition coefficient (Wildman–Crippen LogP) is 2.23. The fraction of sp³-hybridized carbons (Fsp3) is 1.00. The molecule has 0 saturated carbocycles. The Morgan fingerprint density at radius 2 is 2.08 bits per heavy atom. The van der Waals surface area contributed by atoms with Crippen molar-refractivity contribution in [1.29, 1.82) is 0 Å². The standard InChI is InChI=1S/C10H20O2/c1-9(2,3)12-8-10(4)5-6-11-7-10/h5-8H2,1-4H3. The van der Waals surface area contributed by atoms with Crippen molar-refractivity contribution < 1.29 is 9.47 Å². The third-order valence-corrected chi connectivity index (χ3v) is 2.15. The van der Waals surface area contributed by atoms with Gasteiger partial charge in [-0.05, 0) is 27.2 Å². The molecule has 2 heteroatoms. The second kappa shape index (κ2) is 3.35.